The molecule has 1 aromatic carbocycles. The molecule has 1 atom stereocenters. The highest BCUT2D eigenvalue weighted by atomic mass is 16.5. The molecule has 1 N–H and O–H groups in total. The summed E-state index contributed by atoms with van der Waals surface area (Å²) in [6.07, 6.45) is 0.166. The Hall–Kier alpha value is -1.02. The molecule has 0 saturated heterocycles. The Bertz CT molecular complexity index is 381. The van der Waals surface area contributed by atoms with Gasteiger partial charge in [-0.25, -0.2) is 0 Å². The van der Waals surface area contributed by atoms with E-state index >= 15 is 0 Å². The van der Waals surface area contributed by atoms with Crippen LogP contribution in [0.3, 0.4) is 0 Å². The molecule has 2 heteroatoms. The van der Waals surface area contributed by atoms with Gasteiger partial charge in [0.25, 0.3) is 0 Å². The molecule has 1 aromatic rings. The van der Waals surface area contributed by atoms with E-state index in [1.165, 1.54) is 5.56 Å². The van der Waals surface area contributed by atoms with E-state index in [0.717, 1.165) is 12.3 Å². The second kappa shape index (κ2) is 5.96. The summed E-state index contributed by atoms with van der Waals surface area (Å²) in [5.41, 5.74) is 1.66. The van der Waals surface area contributed by atoms with Crippen LogP contribution in [-0.2, 0) is 5.41 Å². The lowest BCUT2D eigenvalue weighted by molar-refractivity contribution is 0.203. The highest BCUT2D eigenvalue weighted by Crippen LogP contribution is 2.24. The van der Waals surface area contributed by atoms with Gasteiger partial charge < -0.3 is 10.1 Å². The molecule has 0 radical (unpaired) electrons. The summed E-state index contributed by atoms with van der Waals surface area (Å²) in [6.45, 7) is 16.1. The minimum atomic E-state index is 0.133. The van der Waals surface area contributed by atoms with Gasteiger partial charge in [0.15, 0.2) is 0 Å². The SMILES string of the molecule is CC(CNC(C)(C)C)Oc1ccc(C(C)(C)C)cc1. The standard InChI is InChI=1S/C17H29NO/c1-13(12-18-17(5,6)7)19-15-10-8-14(9-11-15)16(2,3)4/h8-11,13,18H,12H2,1-7H3. The molecule has 0 saturated carbocycles. The van der Waals surface area contributed by atoms with Gasteiger partial charge in [0.1, 0.15) is 11.9 Å². The zero-order valence-corrected chi connectivity index (χ0v) is 13.5. The van der Waals surface area contributed by atoms with Gasteiger partial charge in [0.05, 0.1) is 0 Å². The second-order valence-corrected chi connectivity index (χ2v) is 7.33. The van der Waals surface area contributed by atoms with Gasteiger partial charge in [0.2, 0.25) is 0 Å². The van der Waals surface area contributed by atoms with Crippen LogP contribution in [0.4, 0.5) is 0 Å². The third-order valence-corrected chi connectivity index (χ3v) is 2.98. The fraction of sp³-hybridized carbons (Fsp3) is 0.647. The summed E-state index contributed by atoms with van der Waals surface area (Å²) >= 11 is 0. The molecule has 0 aliphatic carbocycles. The van der Waals surface area contributed by atoms with E-state index in [9.17, 15) is 0 Å². The largest absolute Gasteiger partial charge is 0.489 e. The highest BCUT2D eigenvalue weighted by Gasteiger charge is 2.14. The monoisotopic (exact) mass is 263 g/mol. The molecule has 0 aliphatic rings. The van der Waals surface area contributed by atoms with E-state index in [1.807, 2.05) is 0 Å². The third-order valence-electron chi connectivity index (χ3n) is 2.98. The van der Waals surface area contributed by atoms with Crippen LogP contribution in [0.25, 0.3) is 0 Å². The van der Waals surface area contributed by atoms with Gasteiger partial charge in [-0.05, 0) is 50.8 Å². The van der Waals surface area contributed by atoms with Crippen LogP contribution >= 0.6 is 0 Å². The fourth-order valence-electron chi connectivity index (χ4n) is 1.76. The molecule has 1 unspecified atom stereocenters. The normalized spacial score (nSPS) is 14.3. The van der Waals surface area contributed by atoms with Crippen LogP contribution in [0.5, 0.6) is 5.75 Å². The van der Waals surface area contributed by atoms with Crippen molar-refractivity contribution in [1.82, 2.24) is 5.32 Å². The quantitative estimate of drug-likeness (QED) is 0.881. The second-order valence-electron chi connectivity index (χ2n) is 7.33. The van der Waals surface area contributed by atoms with Crippen LogP contribution in [-0.4, -0.2) is 18.2 Å². The predicted octanol–water partition coefficient (Wildman–Crippen LogP) is 4.14. The van der Waals surface area contributed by atoms with Crippen molar-refractivity contribution in [2.75, 3.05) is 6.54 Å². The molecule has 0 aliphatic heterocycles. The number of benzene rings is 1. The average molecular weight is 263 g/mol. The number of nitrogens with one attached hydrogen (secondary N) is 1. The minimum Gasteiger partial charge on any atom is -0.489 e. The Balaban J connectivity index is 2.54. The van der Waals surface area contributed by atoms with Crippen molar-refractivity contribution in [3.8, 4) is 5.75 Å². The van der Waals surface area contributed by atoms with E-state index in [-0.39, 0.29) is 17.1 Å². The van der Waals surface area contributed by atoms with E-state index < -0.39 is 0 Å². The van der Waals surface area contributed by atoms with Crippen molar-refractivity contribution in [3.63, 3.8) is 0 Å². The van der Waals surface area contributed by atoms with Crippen molar-refractivity contribution < 1.29 is 4.74 Å². The first-order valence-corrected chi connectivity index (χ1v) is 7.10. The summed E-state index contributed by atoms with van der Waals surface area (Å²) in [5, 5.41) is 3.45. The van der Waals surface area contributed by atoms with Gasteiger partial charge in [-0.15, -0.1) is 0 Å². The minimum absolute atomic E-state index is 0.133. The van der Waals surface area contributed by atoms with Crippen molar-refractivity contribution in [2.45, 2.75) is 65.5 Å². The highest BCUT2D eigenvalue weighted by molar-refractivity contribution is 5.31. The molecule has 108 valence electrons. The van der Waals surface area contributed by atoms with E-state index in [2.05, 4.69) is 78.0 Å². The van der Waals surface area contributed by atoms with Gasteiger partial charge in [-0.1, -0.05) is 32.9 Å². The molecule has 0 amide bonds. The van der Waals surface area contributed by atoms with Crippen LogP contribution in [0, 0.1) is 0 Å². The zero-order chi connectivity index (χ0) is 14.7. The number of hydrogen-bond donors (Lipinski definition) is 1. The maximum absolute atomic E-state index is 5.91. The molecular formula is C17H29NO. The van der Waals surface area contributed by atoms with Crippen LogP contribution in [0.1, 0.15) is 54.0 Å². The Kier molecular flexibility index (Phi) is 5.03. The maximum Gasteiger partial charge on any atom is 0.119 e. The summed E-state index contributed by atoms with van der Waals surface area (Å²) in [7, 11) is 0. The Morgan fingerprint density at radius 1 is 1.00 bits per heavy atom. The van der Waals surface area contributed by atoms with Gasteiger partial charge in [-0.2, -0.15) is 0 Å². The van der Waals surface area contributed by atoms with E-state index in [0.29, 0.717) is 0 Å². The lowest BCUT2D eigenvalue weighted by atomic mass is 9.87. The first-order valence-electron chi connectivity index (χ1n) is 7.10. The van der Waals surface area contributed by atoms with Crippen molar-refractivity contribution in [1.29, 1.82) is 0 Å². The van der Waals surface area contributed by atoms with Crippen LogP contribution < -0.4 is 10.1 Å². The average Bonchev–Trinajstić information content (AvgIpc) is 2.25. The molecule has 19 heavy (non-hydrogen) atoms. The molecule has 0 fully saturated rings. The first kappa shape index (κ1) is 16.0. The summed E-state index contributed by atoms with van der Waals surface area (Å²) in [5.74, 6) is 0.941. The molecule has 0 spiro atoms. The Morgan fingerprint density at radius 3 is 1.95 bits per heavy atom. The smallest absolute Gasteiger partial charge is 0.119 e. The van der Waals surface area contributed by atoms with Gasteiger partial charge >= 0.3 is 0 Å². The molecule has 1 rings (SSSR count). The predicted molar refractivity (Wildman–Crippen MR) is 83.0 cm³/mol. The van der Waals surface area contributed by atoms with E-state index in [4.69, 9.17) is 4.74 Å². The number of hydrogen-bond acceptors (Lipinski definition) is 2. The molecular weight excluding hydrogens is 234 g/mol. The molecule has 2 nitrogen and oxygen atoms in total. The summed E-state index contributed by atoms with van der Waals surface area (Å²) in [4.78, 5) is 0. The van der Waals surface area contributed by atoms with Gasteiger partial charge in [-0.3, -0.25) is 0 Å². The van der Waals surface area contributed by atoms with Crippen LogP contribution in [0.15, 0.2) is 24.3 Å². The molecule has 0 aromatic heterocycles. The van der Waals surface area contributed by atoms with Gasteiger partial charge in [0, 0.05) is 12.1 Å². The number of ether oxygens (including phenoxy) is 1. The third kappa shape index (κ3) is 6.11. The lowest BCUT2D eigenvalue weighted by Gasteiger charge is -2.24. The fourth-order valence-corrected chi connectivity index (χ4v) is 1.76. The zero-order valence-electron chi connectivity index (χ0n) is 13.5. The first-order chi connectivity index (χ1) is 8.58. The molecule has 0 heterocycles. The molecule has 0 bridgehead atoms. The topological polar surface area (TPSA) is 21.3 Å². The van der Waals surface area contributed by atoms with Crippen molar-refractivity contribution in [3.05, 3.63) is 29.8 Å². The Labute approximate surface area is 118 Å². The van der Waals surface area contributed by atoms with E-state index in [1.54, 1.807) is 0 Å². The lowest BCUT2D eigenvalue weighted by Crippen LogP contribution is -2.41. The van der Waals surface area contributed by atoms with Crippen LogP contribution in [0.2, 0.25) is 0 Å². The van der Waals surface area contributed by atoms with Crippen molar-refractivity contribution in [2.24, 2.45) is 0 Å². The maximum atomic E-state index is 5.91. The number of rotatable bonds is 4. The van der Waals surface area contributed by atoms with Crippen molar-refractivity contribution >= 4 is 0 Å². The summed E-state index contributed by atoms with van der Waals surface area (Å²) < 4.78 is 5.91. The summed E-state index contributed by atoms with van der Waals surface area (Å²) in [6, 6.07) is 8.43. The Morgan fingerprint density at radius 2 is 1.53 bits per heavy atom.